The molecule has 142 valence electrons. The molecule has 2 aromatic rings. The van der Waals surface area contributed by atoms with E-state index in [0.29, 0.717) is 16.9 Å². The Morgan fingerprint density at radius 2 is 1.74 bits per heavy atom. The van der Waals surface area contributed by atoms with E-state index in [1.54, 1.807) is 24.3 Å². The van der Waals surface area contributed by atoms with Crippen LogP contribution in [0.25, 0.3) is 0 Å². The molecule has 1 aliphatic heterocycles. The molecule has 0 bridgehead atoms. The van der Waals surface area contributed by atoms with Crippen LogP contribution in [-0.2, 0) is 16.0 Å². The topological polar surface area (TPSA) is 79.9 Å². The number of esters is 1. The number of nitrogens with zero attached hydrogens (tertiary/aromatic N) is 1. The lowest BCUT2D eigenvalue weighted by atomic mass is 10.2. The van der Waals surface area contributed by atoms with E-state index in [4.69, 9.17) is 9.47 Å². The van der Waals surface area contributed by atoms with Crippen LogP contribution in [0.15, 0.2) is 48.5 Å². The van der Waals surface area contributed by atoms with Crippen LogP contribution in [0, 0.1) is 0 Å². The fourth-order valence-corrected chi connectivity index (χ4v) is 2.88. The minimum Gasteiger partial charge on any atom is -0.465 e. The summed E-state index contributed by atoms with van der Waals surface area (Å²) in [5, 5.41) is 5.45. The van der Waals surface area contributed by atoms with Crippen molar-refractivity contribution in [2.75, 3.05) is 44.0 Å². The second-order valence-corrected chi connectivity index (χ2v) is 6.20. The SMILES string of the molecule is COC(=O)c1ccccc1NC(=O)Nc1ccc(CN2CCOCC2)cc1. The molecule has 0 spiro atoms. The molecule has 0 unspecified atom stereocenters. The first kappa shape index (κ1) is 18.9. The van der Waals surface area contributed by atoms with Crippen molar-refractivity contribution in [2.24, 2.45) is 0 Å². The number of amides is 2. The van der Waals surface area contributed by atoms with E-state index in [1.807, 2.05) is 24.3 Å². The number of hydrogen-bond acceptors (Lipinski definition) is 5. The maximum Gasteiger partial charge on any atom is 0.339 e. The van der Waals surface area contributed by atoms with E-state index in [-0.39, 0.29) is 0 Å². The summed E-state index contributed by atoms with van der Waals surface area (Å²) in [6, 6.07) is 14.0. The summed E-state index contributed by atoms with van der Waals surface area (Å²) >= 11 is 0. The average molecular weight is 369 g/mol. The summed E-state index contributed by atoms with van der Waals surface area (Å²) in [6.07, 6.45) is 0. The quantitative estimate of drug-likeness (QED) is 0.792. The number of hydrogen-bond donors (Lipinski definition) is 2. The van der Waals surface area contributed by atoms with Crippen molar-refractivity contribution in [1.82, 2.24) is 4.90 Å². The van der Waals surface area contributed by atoms with Gasteiger partial charge in [0.1, 0.15) is 0 Å². The number of morpholine rings is 1. The van der Waals surface area contributed by atoms with Gasteiger partial charge in [0, 0.05) is 25.3 Å². The third-order valence-corrected chi connectivity index (χ3v) is 4.30. The van der Waals surface area contributed by atoms with Crippen LogP contribution < -0.4 is 10.6 Å². The molecule has 1 saturated heterocycles. The number of rotatable bonds is 5. The molecule has 0 aliphatic carbocycles. The second-order valence-electron chi connectivity index (χ2n) is 6.20. The van der Waals surface area contributed by atoms with E-state index in [1.165, 1.54) is 12.7 Å². The Labute approximate surface area is 158 Å². The van der Waals surface area contributed by atoms with Crippen LogP contribution in [0.2, 0.25) is 0 Å². The monoisotopic (exact) mass is 369 g/mol. The maximum absolute atomic E-state index is 12.3. The molecule has 27 heavy (non-hydrogen) atoms. The highest BCUT2D eigenvalue weighted by atomic mass is 16.5. The molecule has 3 rings (SSSR count). The van der Waals surface area contributed by atoms with Gasteiger partial charge in [-0.15, -0.1) is 0 Å². The highest BCUT2D eigenvalue weighted by Gasteiger charge is 2.14. The summed E-state index contributed by atoms with van der Waals surface area (Å²) in [5.41, 5.74) is 2.55. The summed E-state index contributed by atoms with van der Waals surface area (Å²) in [4.78, 5) is 26.4. The van der Waals surface area contributed by atoms with Crippen molar-refractivity contribution in [3.63, 3.8) is 0 Å². The molecule has 7 heteroatoms. The van der Waals surface area contributed by atoms with Gasteiger partial charge in [0.25, 0.3) is 0 Å². The van der Waals surface area contributed by atoms with Gasteiger partial charge in [-0.3, -0.25) is 4.90 Å². The molecule has 2 N–H and O–H groups in total. The lowest BCUT2D eigenvalue weighted by Crippen LogP contribution is -2.35. The third-order valence-electron chi connectivity index (χ3n) is 4.30. The highest BCUT2D eigenvalue weighted by Crippen LogP contribution is 2.17. The van der Waals surface area contributed by atoms with Gasteiger partial charge in [-0.25, -0.2) is 9.59 Å². The van der Waals surface area contributed by atoms with Crippen molar-refractivity contribution >= 4 is 23.4 Å². The molecular weight excluding hydrogens is 346 g/mol. The van der Waals surface area contributed by atoms with Gasteiger partial charge in [-0.05, 0) is 29.8 Å². The number of anilines is 2. The molecule has 0 atom stereocenters. The molecule has 2 amide bonds. The standard InChI is InChI=1S/C20H23N3O4/c1-26-19(24)17-4-2-3-5-18(17)22-20(25)21-16-8-6-15(7-9-16)14-23-10-12-27-13-11-23/h2-9H,10-14H2,1H3,(H2,21,22,25). The number of ether oxygens (including phenoxy) is 2. The fourth-order valence-electron chi connectivity index (χ4n) is 2.88. The molecule has 1 fully saturated rings. The van der Waals surface area contributed by atoms with Gasteiger partial charge >= 0.3 is 12.0 Å². The van der Waals surface area contributed by atoms with Crippen LogP contribution in [0.5, 0.6) is 0 Å². The Bertz CT molecular complexity index is 786. The Morgan fingerprint density at radius 1 is 1.04 bits per heavy atom. The summed E-state index contributed by atoms with van der Waals surface area (Å²) in [6.45, 7) is 4.27. The average Bonchev–Trinajstić information content (AvgIpc) is 2.70. The van der Waals surface area contributed by atoms with Crippen LogP contribution in [0.4, 0.5) is 16.2 Å². The lowest BCUT2D eigenvalue weighted by molar-refractivity contribution is 0.0342. The molecule has 0 saturated carbocycles. The normalized spacial score (nSPS) is 14.4. The molecule has 0 radical (unpaired) electrons. The van der Waals surface area contributed by atoms with E-state index in [2.05, 4.69) is 15.5 Å². The zero-order chi connectivity index (χ0) is 19.1. The second kappa shape index (κ2) is 9.16. The van der Waals surface area contributed by atoms with Gasteiger partial charge in [0.15, 0.2) is 0 Å². The third kappa shape index (κ3) is 5.29. The van der Waals surface area contributed by atoms with Crippen molar-refractivity contribution < 1.29 is 19.1 Å². The molecular formula is C20H23N3O4. The number of carbonyl (C=O) groups excluding carboxylic acids is 2. The summed E-state index contributed by atoms with van der Waals surface area (Å²) < 4.78 is 10.1. The molecule has 2 aromatic carbocycles. The predicted octanol–water partition coefficient (Wildman–Crippen LogP) is 2.95. The largest absolute Gasteiger partial charge is 0.465 e. The van der Waals surface area contributed by atoms with Gasteiger partial charge < -0.3 is 20.1 Å². The number of methoxy groups -OCH3 is 1. The highest BCUT2D eigenvalue weighted by molar-refractivity contribution is 6.05. The zero-order valence-electron chi connectivity index (χ0n) is 15.2. The van der Waals surface area contributed by atoms with E-state index in [9.17, 15) is 9.59 Å². The Hall–Kier alpha value is -2.90. The minimum atomic E-state index is -0.502. The first-order valence-corrected chi connectivity index (χ1v) is 8.80. The minimum absolute atomic E-state index is 0.302. The summed E-state index contributed by atoms with van der Waals surface area (Å²) in [5.74, 6) is -0.502. The smallest absolute Gasteiger partial charge is 0.339 e. The fraction of sp³-hybridized carbons (Fsp3) is 0.300. The number of para-hydroxylation sites is 1. The van der Waals surface area contributed by atoms with Crippen molar-refractivity contribution in [1.29, 1.82) is 0 Å². The first-order valence-electron chi connectivity index (χ1n) is 8.80. The van der Waals surface area contributed by atoms with Crippen LogP contribution in [0.1, 0.15) is 15.9 Å². The summed E-state index contributed by atoms with van der Waals surface area (Å²) in [7, 11) is 1.30. The van der Waals surface area contributed by atoms with Gasteiger partial charge in [-0.2, -0.15) is 0 Å². The van der Waals surface area contributed by atoms with Gasteiger partial charge in [0.05, 0.1) is 31.6 Å². The van der Waals surface area contributed by atoms with Gasteiger partial charge in [0.2, 0.25) is 0 Å². The Kier molecular flexibility index (Phi) is 6.40. The first-order chi connectivity index (χ1) is 13.2. The van der Waals surface area contributed by atoms with Crippen molar-refractivity contribution in [3.05, 3.63) is 59.7 Å². The number of nitrogens with one attached hydrogen (secondary N) is 2. The zero-order valence-corrected chi connectivity index (χ0v) is 15.2. The predicted molar refractivity (Wildman–Crippen MR) is 103 cm³/mol. The van der Waals surface area contributed by atoms with Crippen LogP contribution in [-0.4, -0.2) is 50.3 Å². The van der Waals surface area contributed by atoms with E-state index < -0.39 is 12.0 Å². The van der Waals surface area contributed by atoms with E-state index >= 15 is 0 Å². The Morgan fingerprint density at radius 3 is 2.44 bits per heavy atom. The van der Waals surface area contributed by atoms with E-state index in [0.717, 1.165) is 32.8 Å². The lowest BCUT2D eigenvalue weighted by Gasteiger charge is -2.26. The molecule has 1 aliphatic rings. The van der Waals surface area contributed by atoms with Crippen molar-refractivity contribution in [2.45, 2.75) is 6.54 Å². The van der Waals surface area contributed by atoms with Gasteiger partial charge in [-0.1, -0.05) is 24.3 Å². The van der Waals surface area contributed by atoms with Crippen molar-refractivity contribution in [3.8, 4) is 0 Å². The molecule has 1 heterocycles. The molecule has 7 nitrogen and oxygen atoms in total. The van der Waals surface area contributed by atoms with Crippen LogP contribution in [0.3, 0.4) is 0 Å². The molecule has 0 aromatic heterocycles. The number of urea groups is 1. The number of benzene rings is 2. The van der Waals surface area contributed by atoms with Crippen LogP contribution >= 0.6 is 0 Å². The number of carbonyl (C=O) groups is 2. The Balaban J connectivity index is 1.57. The maximum atomic E-state index is 12.3.